The summed E-state index contributed by atoms with van der Waals surface area (Å²) in [4.78, 5) is 0. The van der Waals surface area contributed by atoms with Crippen molar-refractivity contribution in [3.05, 3.63) is 99.3 Å². The summed E-state index contributed by atoms with van der Waals surface area (Å²) in [6.07, 6.45) is 0. The van der Waals surface area contributed by atoms with Gasteiger partial charge in [-0.15, -0.1) is 0 Å². The van der Waals surface area contributed by atoms with E-state index in [9.17, 15) is 4.39 Å². The largest absolute Gasteiger partial charge is 0.489 e. The van der Waals surface area contributed by atoms with Gasteiger partial charge in [-0.05, 0) is 41.5 Å². The van der Waals surface area contributed by atoms with Crippen molar-refractivity contribution in [1.82, 2.24) is 5.32 Å². The van der Waals surface area contributed by atoms with Gasteiger partial charge in [-0.2, -0.15) is 0 Å². The maximum Gasteiger partial charge on any atom is 0.131 e. The van der Waals surface area contributed by atoms with Gasteiger partial charge in [0, 0.05) is 23.7 Å². The summed E-state index contributed by atoms with van der Waals surface area (Å²) in [5.41, 5.74) is 2.55. The van der Waals surface area contributed by atoms with E-state index in [1.165, 1.54) is 6.07 Å². The molecule has 5 heteroatoms. The standard InChI is InChI=1S/C21H18Cl2FNO/c22-19-5-2-1-4-16(19)13-25-12-15-8-10-17(11-9-15)26-14-18-20(23)6-3-7-21(18)24/h1-11,25H,12-14H2. The third-order valence-electron chi connectivity index (χ3n) is 3.97. The highest BCUT2D eigenvalue weighted by molar-refractivity contribution is 6.31. The number of nitrogens with one attached hydrogen (secondary N) is 1. The molecule has 3 aromatic rings. The molecule has 0 atom stereocenters. The minimum Gasteiger partial charge on any atom is -0.489 e. The molecular formula is C21H18Cl2FNO. The average molecular weight is 390 g/mol. The second-order valence-corrected chi connectivity index (χ2v) is 6.64. The Morgan fingerprint density at radius 2 is 1.54 bits per heavy atom. The lowest BCUT2D eigenvalue weighted by atomic mass is 10.2. The summed E-state index contributed by atoms with van der Waals surface area (Å²) in [6, 6.07) is 20.0. The predicted octanol–water partition coefficient (Wildman–Crippen LogP) is 6.00. The van der Waals surface area contributed by atoms with Crippen LogP contribution >= 0.6 is 23.2 Å². The molecule has 0 aromatic heterocycles. The van der Waals surface area contributed by atoms with E-state index < -0.39 is 0 Å². The fraction of sp³-hybridized carbons (Fsp3) is 0.143. The van der Waals surface area contributed by atoms with Gasteiger partial charge in [-0.3, -0.25) is 0 Å². The molecule has 0 spiro atoms. The second-order valence-electron chi connectivity index (χ2n) is 5.83. The van der Waals surface area contributed by atoms with Crippen LogP contribution in [-0.4, -0.2) is 0 Å². The first-order valence-corrected chi connectivity index (χ1v) is 8.98. The van der Waals surface area contributed by atoms with Gasteiger partial charge in [0.2, 0.25) is 0 Å². The van der Waals surface area contributed by atoms with Gasteiger partial charge in [0.15, 0.2) is 0 Å². The van der Waals surface area contributed by atoms with Crippen LogP contribution in [0.2, 0.25) is 10.0 Å². The van der Waals surface area contributed by atoms with E-state index in [1.807, 2.05) is 48.5 Å². The number of benzene rings is 3. The molecule has 1 N–H and O–H groups in total. The predicted molar refractivity (Wildman–Crippen MR) is 104 cm³/mol. The van der Waals surface area contributed by atoms with Crippen LogP contribution in [0.3, 0.4) is 0 Å². The van der Waals surface area contributed by atoms with Crippen molar-refractivity contribution in [1.29, 1.82) is 0 Å². The molecule has 0 amide bonds. The summed E-state index contributed by atoms with van der Waals surface area (Å²) in [6.45, 7) is 1.50. The molecule has 0 aliphatic rings. The second kappa shape index (κ2) is 9.04. The van der Waals surface area contributed by atoms with Crippen LogP contribution in [-0.2, 0) is 19.7 Å². The summed E-state index contributed by atoms with van der Waals surface area (Å²) in [5, 5.41) is 4.48. The Balaban J connectivity index is 1.51. The molecule has 0 bridgehead atoms. The molecule has 0 saturated heterocycles. The molecule has 26 heavy (non-hydrogen) atoms. The molecule has 0 radical (unpaired) electrons. The molecule has 0 fully saturated rings. The van der Waals surface area contributed by atoms with E-state index in [4.69, 9.17) is 27.9 Å². The summed E-state index contributed by atoms with van der Waals surface area (Å²) in [5.74, 6) is 0.303. The van der Waals surface area contributed by atoms with E-state index in [0.717, 1.165) is 16.1 Å². The van der Waals surface area contributed by atoms with Gasteiger partial charge < -0.3 is 10.1 Å². The van der Waals surface area contributed by atoms with Gasteiger partial charge in [-0.25, -0.2) is 4.39 Å². The van der Waals surface area contributed by atoms with E-state index in [2.05, 4.69) is 5.32 Å². The van der Waals surface area contributed by atoms with Crippen molar-refractivity contribution in [2.24, 2.45) is 0 Å². The van der Waals surface area contributed by atoms with Crippen molar-refractivity contribution >= 4 is 23.2 Å². The van der Waals surface area contributed by atoms with Gasteiger partial charge in [0.05, 0.1) is 5.02 Å². The highest BCUT2D eigenvalue weighted by atomic mass is 35.5. The van der Waals surface area contributed by atoms with Gasteiger partial charge in [-0.1, -0.05) is 59.6 Å². The minimum absolute atomic E-state index is 0.0929. The number of hydrogen-bond donors (Lipinski definition) is 1. The molecule has 0 saturated carbocycles. The Morgan fingerprint density at radius 3 is 2.27 bits per heavy atom. The van der Waals surface area contributed by atoms with Crippen molar-refractivity contribution in [3.8, 4) is 5.75 Å². The maximum absolute atomic E-state index is 13.7. The Kier molecular flexibility index (Phi) is 6.51. The summed E-state index contributed by atoms with van der Waals surface area (Å²) in [7, 11) is 0. The van der Waals surface area contributed by atoms with E-state index in [-0.39, 0.29) is 12.4 Å². The number of rotatable bonds is 7. The zero-order chi connectivity index (χ0) is 18.4. The first-order valence-electron chi connectivity index (χ1n) is 8.22. The summed E-state index contributed by atoms with van der Waals surface area (Å²) < 4.78 is 19.4. The smallest absolute Gasteiger partial charge is 0.131 e. The first kappa shape index (κ1) is 18.7. The number of halogens is 3. The Morgan fingerprint density at radius 1 is 0.808 bits per heavy atom. The third kappa shape index (κ3) is 4.98. The maximum atomic E-state index is 13.7. The highest BCUT2D eigenvalue weighted by Crippen LogP contribution is 2.22. The van der Waals surface area contributed by atoms with Crippen LogP contribution in [0, 0.1) is 5.82 Å². The highest BCUT2D eigenvalue weighted by Gasteiger charge is 2.07. The number of ether oxygens (including phenoxy) is 1. The zero-order valence-corrected chi connectivity index (χ0v) is 15.5. The van der Waals surface area contributed by atoms with Crippen LogP contribution in [0.4, 0.5) is 4.39 Å². The van der Waals surface area contributed by atoms with Crippen LogP contribution in [0.5, 0.6) is 5.75 Å². The van der Waals surface area contributed by atoms with E-state index in [1.54, 1.807) is 12.1 Å². The Labute approximate surface area is 162 Å². The SMILES string of the molecule is Fc1cccc(Cl)c1COc1ccc(CNCc2ccccc2Cl)cc1. The molecule has 0 aliphatic carbocycles. The molecule has 2 nitrogen and oxygen atoms in total. The lowest BCUT2D eigenvalue weighted by molar-refractivity contribution is 0.300. The number of hydrogen-bond acceptors (Lipinski definition) is 2. The molecule has 3 rings (SSSR count). The molecule has 0 aliphatic heterocycles. The normalized spacial score (nSPS) is 10.7. The lowest BCUT2D eigenvalue weighted by Gasteiger charge is -2.10. The molecule has 3 aromatic carbocycles. The lowest BCUT2D eigenvalue weighted by Crippen LogP contribution is -2.12. The van der Waals surface area contributed by atoms with Crippen molar-refractivity contribution in [2.45, 2.75) is 19.7 Å². The third-order valence-corrected chi connectivity index (χ3v) is 4.69. The van der Waals surface area contributed by atoms with Crippen LogP contribution < -0.4 is 10.1 Å². The van der Waals surface area contributed by atoms with Crippen molar-refractivity contribution < 1.29 is 9.13 Å². The quantitative estimate of drug-likeness (QED) is 0.534. The molecule has 0 heterocycles. The summed E-state index contributed by atoms with van der Waals surface area (Å²) >= 11 is 12.1. The monoisotopic (exact) mass is 389 g/mol. The van der Waals surface area contributed by atoms with Gasteiger partial charge >= 0.3 is 0 Å². The van der Waals surface area contributed by atoms with E-state index in [0.29, 0.717) is 29.4 Å². The zero-order valence-electron chi connectivity index (χ0n) is 14.0. The van der Waals surface area contributed by atoms with Crippen LogP contribution in [0.25, 0.3) is 0 Å². The fourth-order valence-corrected chi connectivity index (χ4v) is 2.93. The average Bonchev–Trinajstić information content (AvgIpc) is 2.64. The molecular weight excluding hydrogens is 372 g/mol. The Hall–Kier alpha value is -2.07. The van der Waals surface area contributed by atoms with Crippen LogP contribution in [0.15, 0.2) is 66.7 Å². The molecule has 134 valence electrons. The van der Waals surface area contributed by atoms with E-state index >= 15 is 0 Å². The first-order chi connectivity index (χ1) is 12.6. The van der Waals surface area contributed by atoms with Crippen molar-refractivity contribution in [3.63, 3.8) is 0 Å². The van der Waals surface area contributed by atoms with Gasteiger partial charge in [0.1, 0.15) is 18.2 Å². The fourth-order valence-electron chi connectivity index (χ4n) is 2.51. The molecule has 0 unspecified atom stereocenters. The Bertz CT molecular complexity index is 848. The van der Waals surface area contributed by atoms with Gasteiger partial charge in [0.25, 0.3) is 0 Å². The topological polar surface area (TPSA) is 21.3 Å². The van der Waals surface area contributed by atoms with Crippen LogP contribution in [0.1, 0.15) is 16.7 Å². The minimum atomic E-state index is -0.363. The van der Waals surface area contributed by atoms with Crippen molar-refractivity contribution in [2.75, 3.05) is 0 Å².